The van der Waals surface area contributed by atoms with E-state index in [2.05, 4.69) is 31.4 Å². The number of amides is 1. The van der Waals surface area contributed by atoms with Crippen molar-refractivity contribution in [3.63, 3.8) is 0 Å². The zero-order chi connectivity index (χ0) is 20.1. The first-order valence-electron chi connectivity index (χ1n) is 8.38. The van der Waals surface area contributed by atoms with Crippen molar-refractivity contribution in [1.29, 1.82) is 0 Å². The van der Waals surface area contributed by atoms with Crippen molar-refractivity contribution in [3.05, 3.63) is 64.1 Å². The fourth-order valence-corrected chi connectivity index (χ4v) is 3.73. The Labute approximate surface area is 174 Å². The Morgan fingerprint density at radius 3 is 2.71 bits per heavy atom. The zero-order valence-electron chi connectivity index (χ0n) is 15.3. The number of halogens is 2. The molecule has 1 N–H and O–H groups in total. The topological polar surface area (TPSA) is 69.0 Å². The van der Waals surface area contributed by atoms with Crippen LogP contribution in [0.4, 0.5) is 4.39 Å². The molecule has 0 spiro atoms. The van der Waals surface area contributed by atoms with Gasteiger partial charge in [0.1, 0.15) is 17.4 Å². The van der Waals surface area contributed by atoms with Gasteiger partial charge in [0.05, 0.1) is 12.9 Å². The van der Waals surface area contributed by atoms with E-state index in [-0.39, 0.29) is 24.0 Å². The van der Waals surface area contributed by atoms with Gasteiger partial charge < -0.3 is 10.1 Å². The maximum Gasteiger partial charge on any atom is 0.230 e. The molecule has 0 radical (unpaired) electrons. The summed E-state index contributed by atoms with van der Waals surface area (Å²) in [4.78, 5) is 12.2. The number of methoxy groups -OCH3 is 1. The minimum atomic E-state index is -0.343. The number of carbonyl (C=O) groups excluding carboxylic acids is 1. The van der Waals surface area contributed by atoms with Gasteiger partial charge in [-0.25, -0.2) is 4.39 Å². The third kappa shape index (κ3) is 4.90. The molecule has 0 atom stereocenters. The third-order valence-electron chi connectivity index (χ3n) is 3.94. The summed E-state index contributed by atoms with van der Waals surface area (Å²) in [5.41, 5.74) is 1.56. The Bertz CT molecular complexity index is 979. The molecule has 1 aromatic heterocycles. The molecule has 9 heteroatoms. The molecule has 1 amide bonds. The molecule has 2 aromatic carbocycles. The fraction of sp³-hybridized carbons (Fsp3) is 0.211. The molecule has 6 nitrogen and oxygen atoms in total. The lowest BCUT2D eigenvalue weighted by Crippen LogP contribution is -2.25. The summed E-state index contributed by atoms with van der Waals surface area (Å²) >= 11 is 4.63. The summed E-state index contributed by atoms with van der Waals surface area (Å²) < 4.78 is 21.1. The second-order valence-electron chi connectivity index (χ2n) is 5.86. The minimum Gasteiger partial charge on any atom is -0.497 e. The van der Waals surface area contributed by atoms with Crippen molar-refractivity contribution in [3.8, 4) is 11.4 Å². The molecule has 3 rings (SSSR count). The number of thioether (sulfide) groups is 1. The molecular formula is C19H18BrFN4O2S. The lowest BCUT2D eigenvalue weighted by atomic mass is 10.2. The van der Waals surface area contributed by atoms with Crippen LogP contribution in [-0.4, -0.2) is 33.5 Å². The summed E-state index contributed by atoms with van der Waals surface area (Å²) in [5.74, 6) is 1.12. The van der Waals surface area contributed by atoms with Crippen LogP contribution in [0.1, 0.15) is 11.4 Å². The molecule has 0 aliphatic rings. The Morgan fingerprint density at radius 1 is 1.25 bits per heavy atom. The number of nitrogens with one attached hydrogen (secondary N) is 1. The van der Waals surface area contributed by atoms with Gasteiger partial charge in [0, 0.05) is 16.7 Å². The Hall–Kier alpha value is -2.39. The van der Waals surface area contributed by atoms with Crippen molar-refractivity contribution >= 4 is 33.6 Å². The predicted octanol–water partition coefficient (Wildman–Crippen LogP) is 3.89. The zero-order valence-corrected chi connectivity index (χ0v) is 17.7. The van der Waals surface area contributed by atoms with Crippen LogP contribution in [-0.2, 0) is 11.3 Å². The number of carbonyl (C=O) groups is 1. The second-order valence-corrected chi connectivity index (χ2v) is 7.66. The molecule has 0 aliphatic carbocycles. The van der Waals surface area contributed by atoms with E-state index < -0.39 is 0 Å². The quantitative estimate of drug-likeness (QED) is 0.537. The van der Waals surface area contributed by atoms with Crippen molar-refractivity contribution in [2.24, 2.45) is 0 Å². The van der Waals surface area contributed by atoms with Crippen LogP contribution >= 0.6 is 27.7 Å². The highest BCUT2D eigenvalue weighted by atomic mass is 79.9. The standard InChI is InChI=1S/C19H18BrFN4O2S/c1-12-23-24-19(25(12)15-4-6-16(27-2)7-5-15)28-11-18(26)22-10-13-9-14(21)3-8-17(13)20/h3-9H,10-11H2,1-2H3,(H,22,26). The summed E-state index contributed by atoms with van der Waals surface area (Å²) in [6.45, 7) is 2.09. The molecule has 0 saturated carbocycles. The molecule has 0 aliphatic heterocycles. The van der Waals surface area contributed by atoms with Crippen molar-refractivity contribution in [2.45, 2.75) is 18.6 Å². The summed E-state index contributed by atoms with van der Waals surface area (Å²) in [6.07, 6.45) is 0. The second kappa shape index (κ2) is 9.20. The van der Waals surface area contributed by atoms with E-state index in [1.165, 1.54) is 23.9 Å². The van der Waals surface area contributed by atoms with Crippen molar-refractivity contribution in [1.82, 2.24) is 20.1 Å². The average Bonchev–Trinajstić information content (AvgIpc) is 3.07. The van der Waals surface area contributed by atoms with Gasteiger partial charge in [0.15, 0.2) is 5.16 Å². The van der Waals surface area contributed by atoms with Crippen LogP contribution in [0.3, 0.4) is 0 Å². The normalized spacial score (nSPS) is 10.7. The number of benzene rings is 2. The number of aryl methyl sites for hydroxylation is 1. The number of hydrogen-bond acceptors (Lipinski definition) is 5. The highest BCUT2D eigenvalue weighted by Crippen LogP contribution is 2.23. The lowest BCUT2D eigenvalue weighted by Gasteiger charge is -2.10. The Kier molecular flexibility index (Phi) is 6.69. The van der Waals surface area contributed by atoms with Gasteiger partial charge >= 0.3 is 0 Å². The van der Waals surface area contributed by atoms with Crippen molar-refractivity contribution < 1.29 is 13.9 Å². The summed E-state index contributed by atoms with van der Waals surface area (Å²) in [6, 6.07) is 11.9. The number of rotatable bonds is 7. The van der Waals surface area contributed by atoms with Gasteiger partial charge in [-0.05, 0) is 55.0 Å². The lowest BCUT2D eigenvalue weighted by molar-refractivity contribution is -0.118. The maximum atomic E-state index is 13.3. The van der Waals surface area contributed by atoms with Crippen LogP contribution in [0.15, 0.2) is 52.1 Å². The molecular weight excluding hydrogens is 447 g/mol. The average molecular weight is 465 g/mol. The van der Waals surface area contributed by atoms with E-state index >= 15 is 0 Å². The number of hydrogen-bond donors (Lipinski definition) is 1. The number of ether oxygens (including phenoxy) is 1. The SMILES string of the molecule is COc1ccc(-n2c(C)nnc2SCC(=O)NCc2cc(F)ccc2Br)cc1. The van der Waals surface area contributed by atoms with E-state index in [4.69, 9.17) is 4.74 Å². The van der Waals surface area contributed by atoms with E-state index in [0.717, 1.165) is 21.7 Å². The van der Waals surface area contributed by atoms with Gasteiger partial charge in [-0.2, -0.15) is 0 Å². The predicted molar refractivity (Wildman–Crippen MR) is 109 cm³/mol. The molecule has 0 bridgehead atoms. The highest BCUT2D eigenvalue weighted by molar-refractivity contribution is 9.10. The minimum absolute atomic E-state index is 0.168. The summed E-state index contributed by atoms with van der Waals surface area (Å²) in [7, 11) is 1.61. The van der Waals surface area contributed by atoms with Crippen LogP contribution in [0.5, 0.6) is 5.75 Å². The van der Waals surface area contributed by atoms with Gasteiger partial charge in [-0.3, -0.25) is 9.36 Å². The summed E-state index contributed by atoms with van der Waals surface area (Å²) in [5, 5.41) is 11.7. The molecule has 146 valence electrons. The van der Waals surface area contributed by atoms with Crippen LogP contribution in [0.2, 0.25) is 0 Å². The number of nitrogens with zero attached hydrogens (tertiary/aromatic N) is 3. The first-order valence-corrected chi connectivity index (χ1v) is 10.2. The van der Waals surface area contributed by atoms with Crippen molar-refractivity contribution in [2.75, 3.05) is 12.9 Å². The molecule has 0 saturated heterocycles. The first-order chi connectivity index (χ1) is 13.5. The van der Waals surface area contributed by atoms with Gasteiger partial charge in [-0.1, -0.05) is 27.7 Å². The van der Waals surface area contributed by atoms with E-state index in [1.807, 2.05) is 35.8 Å². The molecule has 0 unspecified atom stereocenters. The van der Waals surface area contributed by atoms with Crippen LogP contribution in [0, 0.1) is 12.7 Å². The van der Waals surface area contributed by atoms with Gasteiger partial charge in [0.2, 0.25) is 5.91 Å². The van der Waals surface area contributed by atoms with E-state index in [9.17, 15) is 9.18 Å². The highest BCUT2D eigenvalue weighted by Gasteiger charge is 2.14. The molecule has 0 fully saturated rings. The fourth-order valence-electron chi connectivity index (χ4n) is 2.52. The monoisotopic (exact) mass is 464 g/mol. The Balaban J connectivity index is 1.63. The Morgan fingerprint density at radius 2 is 2.00 bits per heavy atom. The van der Waals surface area contributed by atoms with E-state index in [0.29, 0.717) is 10.7 Å². The maximum absolute atomic E-state index is 13.3. The molecule has 1 heterocycles. The molecule has 28 heavy (non-hydrogen) atoms. The van der Waals surface area contributed by atoms with Crippen LogP contribution in [0.25, 0.3) is 5.69 Å². The third-order valence-corrected chi connectivity index (χ3v) is 5.64. The smallest absolute Gasteiger partial charge is 0.230 e. The largest absolute Gasteiger partial charge is 0.497 e. The first kappa shape index (κ1) is 20.3. The van der Waals surface area contributed by atoms with Gasteiger partial charge in [-0.15, -0.1) is 10.2 Å². The van der Waals surface area contributed by atoms with Gasteiger partial charge in [0.25, 0.3) is 0 Å². The number of aromatic nitrogens is 3. The van der Waals surface area contributed by atoms with Crippen LogP contribution < -0.4 is 10.1 Å². The van der Waals surface area contributed by atoms with E-state index in [1.54, 1.807) is 13.2 Å². The molecule has 3 aromatic rings.